The van der Waals surface area contributed by atoms with Crippen LogP contribution in [0.5, 0.6) is 0 Å². The molecule has 0 radical (unpaired) electrons. The summed E-state index contributed by atoms with van der Waals surface area (Å²) in [6, 6.07) is 10.1. The van der Waals surface area contributed by atoms with Crippen LogP contribution in [0, 0.1) is 11.8 Å². The summed E-state index contributed by atoms with van der Waals surface area (Å²) in [5.41, 5.74) is 0.199. The van der Waals surface area contributed by atoms with E-state index in [0.717, 1.165) is 37.9 Å². The first-order valence-corrected chi connectivity index (χ1v) is 9.34. The Kier molecular flexibility index (Phi) is 5.73. The zero-order valence-corrected chi connectivity index (χ0v) is 14.3. The van der Waals surface area contributed by atoms with Crippen molar-refractivity contribution in [1.82, 2.24) is 5.32 Å². The lowest BCUT2D eigenvalue weighted by atomic mass is 9.70. The van der Waals surface area contributed by atoms with E-state index < -0.39 is 5.60 Å². The second kappa shape index (κ2) is 7.78. The van der Waals surface area contributed by atoms with Gasteiger partial charge >= 0.3 is 0 Å². The molecule has 1 saturated carbocycles. The van der Waals surface area contributed by atoms with Crippen molar-refractivity contribution >= 4 is 0 Å². The van der Waals surface area contributed by atoms with Gasteiger partial charge in [0.2, 0.25) is 0 Å². The molecule has 3 nitrogen and oxygen atoms in total. The molecule has 1 aliphatic carbocycles. The summed E-state index contributed by atoms with van der Waals surface area (Å²) >= 11 is 0. The van der Waals surface area contributed by atoms with Crippen LogP contribution in [-0.4, -0.2) is 30.9 Å². The Bertz CT molecular complexity index is 468. The van der Waals surface area contributed by atoms with E-state index in [9.17, 15) is 5.11 Å². The first kappa shape index (κ1) is 16.9. The van der Waals surface area contributed by atoms with Gasteiger partial charge in [0.1, 0.15) is 5.60 Å². The monoisotopic (exact) mass is 317 g/mol. The van der Waals surface area contributed by atoms with Crippen LogP contribution >= 0.6 is 0 Å². The molecule has 1 unspecified atom stereocenters. The highest BCUT2D eigenvalue weighted by atomic mass is 16.5. The van der Waals surface area contributed by atoms with E-state index in [2.05, 4.69) is 12.2 Å². The first-order chi connectivity index (χ1) is 11.2. The quantitative estimate of drug-likeness (QED) is 0.809. The zero-order valence-electron chi connectivity index (χ0n) is 14.3. The fourth-order valence-corrected chi connectivity index (χ4v) is 4.09. The van der Waals surface area contributed by atoms with Crippen molar-refractivity contribution in [3.63, 3.8) is 0 Å². The Morgan fingerprint density at radius 1 is 1.17 bits per heavy atom. The molecule has 1 aliphatic heterocycles. The standard InChI is InChI=1S/C20H31NO2/c1-2-19(16-11-13-21-14-12-16)23-15-20(22,18-9-6-10-18)17-7-4-3-5-8-17/h3-5,7-8,16,18-19,21-22H,2,6,9-15H2,1H3/t19-,20?/m0/s1. The Morgan fingerprint density at radius 2 is 1.87 bits per heavy atom. The molecule has 128 valence electrons. The molecule has 2 N–H and O–H groups in total. The predicted molar refractivity (Wildman–Crippen MR) is 93.3 cm³/mol. The van der Waals surface area contributed by atoms with E-state index in [0.29, 0.717) is 18.4 Å². The van der Waals surface area contributed by atoms with Gasteiger partial charge in [-0.25, -0.2) is 0 Å². The maximum Gasteiger partial charge on any atom is 0.116 e. The number of piperidine rings is 1. The maximum absolute atomic E-state index is 11.4. The highest BCUT2D eigenvalue weighted by molar-refractivity contribution is 5.24. The van der Waals surface area contributed by atoms with Gasteiger partial charge in [-0.05, 0) is 62.6 Å². The summed E-state index contributed by atoms with van der Waals surface area (Å²) in [5, 5.41) is 14.8. The molecule has 2 aliphatic rings. The molecular weight excluding hydrogens is 286 g/mol. The Labute approximate surface area is 140 Å². The summed E-state index contributed by atoms with van der Waals surface area (Å²) in [5.74, 6) is 0.970. The van der Waals surface area contributed by atoms with Crippen molar-refractivity contribution in [3.8, 4) is 0 Å². The fraction of sp³-hybridized carbons (Fsp3) is 0.700. The summed E-state index contributed by atoms with van der Waals surface area (Å²) in [7, 11) is 0. The third-order valence-electron chi connectivity index (χ3n) is 5.88. The van der Waals surface area contributed by atoms with Crippen molar-refractivity contribution < 1.29 is 9.84 Å². The summed E-state index contributed by atoms with van der Waals surface area (Å²) < 4.78 is 6.33. The van der Waals surface area contributed by atoms with Crippen molar-refractivity contribution in [2.45, 2.75) is 57.2 Å². The molecule has 3 rings (SSSR count). The minimum atomic E-state index is -0.820. The summed E-state index contributed by atoms with van der Waals surface area (Å²) in [6.07, 6.45) is 7.12. The van der Waals surface area contributed by atoms with Crippen LogP contribution in [-0.2, 0) is 10.3 Å². The molecular formula is C20H31NO2. The number of ether oxygens (including phenoxy) is 1. The molecule has 3 heteroatoms. The number of rotatable bonds is 7. The van der Waals surface area contributed by atoms with Gasteiger partial charge in [-0.1, -0.05) is 43.7 Å². The lowest BCUT2D eigenvalue weighted by Crippen LogP contribution is -2.45. The predicted octanol–water partition coefficient (Wildman–Crippen LogP) is 3.47. The smallest absolute Gasteiger partial charge is 0.116 e. The van der Waals surface area contributed by atoms with E-state index in [1.54, 1.807) is 0 Å². The lowest BCUT2D eigenvalue weighted by Gasteiger charge is -2.43. The van der Waals surface area contributed by atoms with Crippen LogP contribution in [0.15, 0.2) is 30.3 Å². The number of nitrogens with one attached hydrogen (secondary N) is 1. The number of benzene rings is 1. The molecule has 0 bridgehead atoms. The highest BCUT2D eigenvalue weighted by Gasteiger charge is 2.42. The van der Waals surface area contributed by atoms with Crippen LogP contribution in [0.3, 0.4) is 0 Å². The zero-order chi connectivity index (χ0) is 16.1. The van der Waals surface area contributed by atoms with Gasteiger partial charge in [-0.15, -0.1) is 0 Å². The average Bonchev–Trinajstić information content (AvgIpc) is 2.55. The molecule has 1 saturated heterocycles. The van der Waals surface area contributed by atoms with Crippen LogP contribution in [0.4, 0.5) is 0 Å². The minimum absolute atomic E-state index is 0.271. The van der Waals surface area contributed by atoms with Gasteiger partial charge in [0, 0.05) is 0 Å². The van der Waals surface area contributed by atoms with Crippen molar-refractivity contribution in [3.05, 3.63) is 35.9 Å². The minimum Gasteiger partial charge on any atom is -0.382 e. The molecule has 2 atom stereocenters. The van der Waals surface area contributed by atoms with Crippen molar-refractivity contribution in [1.29, 1.82) is 0 Å². The van der Waals surface area contributed by atoms with E-state index in [1.165, 1.54) is 19.3 Å². The van der Waals surface area contributed by atoms with Gasteiger partial charge in [-0.2, -0.15) is 0 Å². The van der Waals surface area contributed by atoms with Crippen LogP contribution in [0.2, 0.25) is 0 Å². The molecule has 0 amide bonds. The van der Waals surface area contributed by atoms with Gasteiger partial charge in [0.15, 0.2) is 0 Å². The van der Waals surface area contributed by atoms with E-state index in [4.69, 9.17) is 4.74 Å². The summed E-state index contributed by atoms with van der Waals surface area (Å²) in [4.78, 5) is 0. The van der Waals surface area contributed by atoms with Crippen LogP contribution in [0.1, 0.15) is 51.0 Å². The number of hydrogen-bond acceptors (Lipinski definition) is 3. The van der Waals surface area contributed by atoms with Gasteiger partial charge in [-0.3, -0.25) is 0 Å². The second-order valence-corrected chi connectivity index (χ2v) is 7.26. The lowest BCUT2D eigenvalue weighted by molar-refractivity contribution is -0.139. The maximum atomic E-state index is 11.4. The normalized spacial score (nSPS) is 23.9. The molecule has 0 aromatic heterocycles. The molecule has 2 fully saturated rings. The Morgan fingerprint density at radius 3 is 2.43 bits per heavy atom. The Balaban J connectivity index is 1.68. The van der Waals surface area contributed by atoms with E-state index in [1.807, 2.05) is 30.3 Å². The highest BCUT2D eigenvalue weighted by Crippen LogP contribution is 2.43. The SMILES string of the molecule is CC[C@H](OCC(O)(c1ccccc1)C1CCC1)C1CCNCC1. The fourth-order valence-electron chi connectivity index (χ4n) is 4.09. The van der Waals surface area contributed by atoms with Crippen LogP contribution < -0.4 is 5.32 Å². The topological polar surface area (TPSA) is 41.5 Å². The van der Waals surface area contributed by atoms with Crippen molar-refractivity contribution in [2.75, 3.05) is 19.7 Å². The van der Waals surface area contributed by atoms with Gasteiger partial charge in [0.05, 0.1) is 12.7 Å². The third-order valence-corrected chi connectivity index (χ3v) is 5.88. The first-order valence-electron chi connectivity index (χ1n) is 9.34. The molecule has 23 heavy (non-hydrogen) atoms. The van der Waals surface area contributed by atoms with Gasteiger partial charge in [0.25, 0.3) is 0 Å². The Hall–Kier alpha value is -0.900. The molecule has 1 aromatic carbocycles. The van der Waals surface area contributed by atoms with E-state index >= 15 is 0 Å². The summed E-state index contributed by atoms with van der Waals surface area (Å²) in [6.45, 7) is 4.83. The van der Waals surface area contributed by atoms with Crippen LogP contribution in [0.25, 0.3) is 0 Å². The number of aliphatic hydroxyl groups is 1. The second-order valence-electron chi connectivity index (χ2n) is 7.26. The van der Waals surface area contributed by atoms with E-state index in [-0.39, 0.29) is 6.10 Å². The largest absolute Gasteiger partial charge is 0.382 e. The number of hydrogen-bond donors (Lipinski definition) is 2. The molecule has 0 spiro atoms. The molecule has 1 heterocycles. The molecule has 1 aromatic rings. The average molecular weight is 317 g/mol. The van der Waals surface area contributed by atoms with Gasteiger partial charge < -0.3 is 15.2 Å². The third kappa shape index (κ3) is 3.78. The van der Waals surface area contributed by atoms with Crippen molar-refractivity contribution in [2.24, 2.45) is 11.8 Å².